The number of nitriles is 1. The molecule has 0 radical (unpaired) electrons. The zero-order chi connectivity index (χ0) is 15.4. The van der Waals surface area contributed by atoms with Crippen molar-refractivity contribution in [1.29, 1.82) is 5.26 Å². The molecule has 0 saturated carbocycles. The van der Waals surface area contributed by atoms with Gasteiger partial charge in [0.1, 0.15) is 11.6 Å². The number of rotatable bonds is 5. The van der Waals surface area contributed by atoms with Crippen LogP contribution in [-0.4, -0.2) is 17.2 Å². The second kappa shape index (κ2) is 7.01. The highest BCUT2D eigenvalue weighted by atomic mass is 79.9. The molecule has 21 heavy (non-hydrogen) atoms. The van der Waals surface area contributed by atoms with Gasteiger partial charge in [-0.2, -0.15) is 10.4 Å². The van der Waals surface area contributed by atoms with Crippen molar-refractivity contribution in [3.8, 4) is 6.07 Å². The average Bonchev–Trinajstić information content (AvgIpc) is 2.90. The van der Waals surface area contributed by atoms with E-state index in [1.54, 1.807) is 11.3 Å². The maximum atomic E-state index is 9.52. The van der Waals surface area contributed by atoms with Gasteiger partial charge in [0.15, 0.2) is 5.82 Å². The Balaban J connectivity index is 2.37. The van der Waals surface area contributed by atoms with Crippen LogP contribution in [0, 0.1) is 11.3 Å². The number of halogens is 1. The third kappa shape index (κ3) is 3.42. The second-order valence-corrected chi connectivity index (χ2v) is 7.25. The van der Waals surface area contributed by atoms with E-state index in [0.717, 1.165) is 27.9 Å². The molecule has 0 spiro atoms. The molecule has 0 amide bonds. The smallest absolute Gasteiger partial charge is 0.169 e. The Bertz CT molecular complexity index is 675. The summed E-state index contributed by atoms with van der Waals surface area (Å²) < 4.78 is 1.10. The fourth-order valence-electron chi connectivity index (χ4n) is 2.29. The second-order valence-electron chi connectivity index (χ2n) is 4.70. The zero-order valence-electron chi connectivity index (χ0n) is 12.4. The molecule has 4 nitrogen and oxygen atoms in total. The van der Waals surface area contributed by atoms with Crippen molar-refractivity contribution < 1.29 is 0 Å². The molecule has 0 aliphatic heterocycles. The molecule has 2 aromatic heterocycles. The summed E-state index contributed by atoms with van der Waals surface area (Å²) in [4.78, 5) is 3.20. The Morgan fingerprint density at radius 3 is 2.57 bits per heavy atom. The van der Waals surface area contributed by atoms with Crippen LogP contribution in [0.5, 0.6) is 0 Å². The van der Waals surface area contributed by atoms with Gasteiger partial charge in [0.05, 0.1) is 16.0 Å². The molecule has 0 fully saturated rings. The summed E-state index contributed by atoms with van der Waals surface area (Å²) in [6.07, 6.45) is 1.60. The van der Waals surface area contributed by atoms with E-state index >= 15 is 0 Å². The summed E-state index contributed by atoms with van der Waals surface area (Å²) in [7, 11) is 1.95. The highest BCUT2D eigenvalue weighted by Gasteiger charge is 2.17. The molecule has 0 unspecified atom stereocenters. The molecule has 0 atom stereocenters. The van der Waals surface area contributed by atoms with Gasteiger partial charge in [-0.3, -0.25) is 0 Å². The van der Waals surface area contributed by atoms with E-state index < -0.39 is 0 Å². The predicted octanol–water partition coefficient (Wildman–Crippen LogP) is 3.93. The summed E-state index contributed by atoms with van der Waals surface area (Å²) in [5, 5.41) is 18.1. The van der Waals surface area contributed by atoms with Gasteiger partial charge in [-0.15, -0.1) is 16.4 Å². The number of nitrogens with zero attached hydrogens (tertiary/aromatic N) is 4. The molecule has 0 N–H and O–H groups in total. The summed E-state index contributed by atoms with van der Waals surface area (Å²) in [5.74, 6) is 0.663. The van der Waals surface area contributed by atoms with Crippen molar-refractivity contribution in [2.24, 2.45) is 0 Å². The van der Waals surface area contributed by atoms with Gasteiger partial charge in [0, 0.05) is 11.9 Å². The van der Waals surface area contributed by atoms with Crippen molar-refractivity contribution in [3.63, 3.8) is 0 Å². The normalized spacial score (nSPS) is 10.4. The fourth-order valence-corrected chi connectivity index (χ4v) is 3.83. The molecule has 0 aromatic carbocycles. The molecule has 2 aromatic rings. The van der Waals surface area contributed by atoms with Crippen LogP contribution < -0.4 is 4.90 Å². The lowest BCUT2D eigenvalue weighted by Crippen LogP contribution is -2.20. The summed E-state index contributed by atoms with van der Waals surface area (Å²) in [6.45, 7) is 4.81. The van der Waals surface area contributed by atoms with Gasteiger partial charge in [-0.25, -0.2) is 0 Å². The van der Waals surface area contributed by atoms with Crippen LogP contribution in [-0.2, 0) is 19.4 Å². The first-order valence-electron chi connectivity index (χ1n) is 6.84. The molecule has 2 heterocycles. The number of aromatic nitrogens is 2. The molecule has 0 aliphatic carbocycles. The van der Waals surface area contributed by atoms with E-state index in [1.165, 1.54) is 4.88 Å². The van der Waals surface area contributed by atoms with Crippen molar-refractivity contribution in [1.82, 2.24) is 10.2 Å². The summed E-state index contributed by atoms with van der Waals surface area (Å²) >= 11 is 5.15. The van der Waals surface area contributed by atoms with Crippen LogP contribution in [0.3, 0.4) is 0 Å². The zero-order valence-corrected chi connectivity index (χ0v) is 14.8. The SMILES string of the molecule is CCc1nnc(N(C)Cc2ccc(Br)s2)c(C#N)c1CC. The molecule has 0 bridgehead atoms. The minimum Gasteiger partial charge on any atom is -0.352 e. The summed E-state index contributed by atoms with van der Waals surface area (Å²) in [6, 6.07) is 6.42. The third-order valence-electron chi connectivity index (χ3n) is 3.32. The Morgan fingerprint density at radius 1 is 1.29 bits per heavy atom. The van der Waals surface area contributed by atoms with E-state index in [0.29, 0.717) is 17.9 Å². The van der Waals surface area contributed by atoms with Gasteiger partial charge in [-0.05, 0) is 46.5 Å². The van der Waals surface area contributed by atoms with Gasteiger partial charge in [0.2, 0.25) is 0 Å². The minimum absolute atomic E-state index is 0.655. The molecule has 0 saturated heterocycles. The Labute approximate surface area is 137 Å². The van der Waals surface area contributed by atoms with Crippen LogP contribution in [0.4, 0.5) is 5.82 Å². The van der Waals surface area contributed by atoms with Crippen LogP contribution >= 0.6 is 27.3 Å². The van der Waals surface area contributed by atoms with Gasteiger partial charge in [-0.1, -0.05) is 13.8 Å². The predicted molar refractivity (Wildman–Crippen MR) is 89.6 cm³/mol. The topological polar surface area (TPSA) is 52.8 Å². The number of hydrogen-bond acceptors (Lipinski definition) is 5. The van der Waals surface area contributed by atoms with E-state index in [2.05, 4.69) is 45.2 Å². The lowest BCUT2D eigenvalue weighted by Gasteiger charge is -2.20. The largest absolute Gasteiger partial charge is 0.352 e. The van der Waals surface area contributed by atoms with Crippen LogP contribution in [0.25, 0.3) is 0 Å². The molecular weight excluding hydrogens is 348 g/mol. The molecule has 0 aliphatic rings. The van der Waals surface area contributed by atoms with Crippen LogP contribution in [0.15, 0.2) is 15.9 Å². The first-order chi connectivity index (χ1) is 10.1. The number of aryl methyl sites for hydroxylation is 1. The fraction of sp³-hybridized carbons (Fsp3) is 0.400. The number of thiophene rings is 1. The van der Waals surface area contributed by atoms with Gasteiger partial charge >= 0.3 is 0 Å². The molecule has 110 valence electrons. The first-order valence-corrected chi connectivity index (χ1v) is 8.45. The molecular formula is C15H17BrN4S. The maximum Gasteiger partial charge on any atom is 0.169 e. The minimum atomic E-state index is 0.655. The third-order valence-corrected chi connectivity index (χ3v) is 4.93. The van der Waals surface area contributed by atoms with E-state index in [9.17, 15) is 5.26 Å². The Kier molecular flexibility index (Phi) is 5.32. The van der Waals surface area contributed by atoms with E-state index in [4.69, 9.17) is 0 Å². The van der Waals surface area contributed by atoms with E-state index in [-0.39, 0.29) is 0 Å². The van der Waals surface area contributed by atoms with Crippen molar-refractivity contribution in [2.75, 3.05) is 11.9 Å². The Morgan fingerprint density at radius 2 is 2.05 bits per heavy atom. The standard InChI is InChI=1S/C15H17BrN4S/c1-4-11-12(8-17)15(19-18-13(11)5-2)20(3)9-10-6-7-14(16)21-10/h6-7H,4-5,9H2,1-3H3. The number of hydrogen-bond donors (Lipinski definition) is 0. The van der Waals surface area contributed by atoms with Gasteiger partial charge < -0.3 is 4.90 Å². The highest BCUT2D eigenvalue weighted by Crippen LogP contribution is 2.27. The Hall–Kier alpha value is -1.45. The number of anilines is 1. The first kappa shape index (κ1) is 15.9. The average molecular weight is 365 g/mol. The monoisotopic (exact) mass is 364 g/mol. The van der Waals surface area contributed by atoms with Crippen molar-refractivity contribution in [2.45, 2.75) is 33.2 Å². The lowest BCUT2D eigenvalue weighted by atomic mass is 10.0. The quantitative estimate of drug-likeness (QED) is 0.806. The molecule has 6 heteroatoms. The highest BCUT2D eigenvalue weighted by molar-refractivity contribution is 9.11. The maximum absolute atomic E-state index is 9.52. The lowest BCUT2D eigenvalue weighted by molar-refractivity contribution is 0.823. The van der Waals surface area contributed by atoms with Crippen molar-refractivity contribution >= 4 is 33.1 Å². The summed E-state index contributed by atoms with van der Waals surface area (Å²) in [5.41, 5.74) is 2.59. The molecule has 2 rings (SSSR count). The van der Waals surface area contributed by atoms with Crippen molar-refractivity contribution in [3.05, 3.63) is 37.6 Å². The van der Waals surface area contributed by atoms with Crippen LogP contribution in [0.1, 0.15) is 35.5 Å². The van der Waals surface area contributed by atoms with Gasteiger partial charge in [0.25, 0.3) is 0 Å². The van der Waals surface area contributed by atoms with Crippen LogP contribution in [0.2, 0.25) is 0 Å². The van der Waals surface area contributed by atoms with E-state index in [1.807, 2.05) is 24.9 Å².